The van der Waals surface area contributed by atoms with Crippen molar-refractivity contribution in [3.05, 3.63) is 34.7 Å². The van der Waals surface area contributed by atoms with Gasteiger partial charge in [-0.05, 0) is 62.6 Å². The highest BCUT2D eigenvalue weighted by Gasteiger charge is 2.35. The van der Waals surface area contributed by atoms with Gasteiger partial charge in [-0.15, -0.1) is 0 Å². The number of hydrogen-bond donors (Lipinski definition) is 1. The molecule has 2 atom stereocenters. The average molecular weight is 653 g/mol. The van der Waals surface area contributed by atoms with Crippen molar-refractivity contribution in [3.63, 3.8) is 0 Å². The number of alkyl halides is 1. The topological polar surface area (TPSA) is 79.4 Å². The van der Waals surface area contributed by atoms with Crippen LogP contribution in [0.25, 0.3) is 33.1 Å². The third kappa shape index (κ3) is 6.10. The molecule has 1 aromatic carbocycles. The maximum absolute atomic E-state index is 16.5. The van der Waals surface area contributed by atoms with Gasteiger partial charge in [0.1, 0.15) is 24.0 Å². The smallest absolute Gasteiger partial charge is 0.225 e. The summed E-state index contributed by atoms with van der Waals surface area (Å²) in [7, 11) is 1.55. The molecule has 1 saturated carbocycles. The molecule has 1 N–H and O–H groups in total. The average Bonchev–Trinajstić information content (AvgIpc) is 3.71. The number of pyridine rings is 2. The van der Waals surface area contributed by atoms with Gasteiger partial charge in [-0.25, -0.2) is 18.7 Å². The van der Waals surface area contributed by atoms with Crippen LogP contribution in [0, 0.1) is 5.82 Å². The van der Waals surface area contributed by atoms with Gasteiger partial charge in [-0.3, -0.25) is 10.00 Å². The van der Waals surface area contributed by atoms with Crippen LogP contribution < -0.4 is 14.4 Å². The molecule has 46 heavy (non-hydrogen) atoms. The second-order valence-corrected chi connectivity index (χ2v) is 13.5. The van der Waals surface area contributed by atoms with E-state index < -0.39 is 12.0 Å². The number of piperidine rings is 1. The third-order valence-corrected chi connectivity index (χ3v) is 10.2. The van der Waals surface area contributed by atoms with Gasteiger partial charge in [0.2, 0.25) is 11.8 Å². The number of benzene rings is 1. The third-order valence-electron chi connectivity index (χ3n) is 9.92. The highest BCUT2D eigenvalue weighted by Crippen LogP contribution is 2.51. The molecule has 11 heteroatoms. The Morgan fingerprint density at radius 2 is 1.98 bits per heavy atom. The Bertz CT molecular complexity index is 1700. The molecule has 3 fully saturated rings. The lowest BCUT2D eigenvalue weighted by Gasteiger charge is -2.28. The number of fused-ring (bicyclic) bond motifs is 2. The van der Waals surface area contributed by atoms with E-state index >= 15 is 4.39 Å². The standard InChI is InChI=1S/C27H29ClFN5O2.C8H14FN/c1-3-4-5-6-9-34-10-11-36-27-23-19(34)13-20(35-2)31-26(23)24(29)25(32-27)22-16-14-30-33-18(16)12-17(28)21(22)15-7-8-15;9-7-5-8-3-1-2-4-10(8)6-7/h12-15H,3-11H2,1-2H3,(H,30,33);7-8H,1-6H2. The van der Waals surface area contributed by atoms with Crippen molar-refractivity contribution in [2.24, 2.45) is 0 Å². The summed E-state index contributed by atoms with van der Waals surface area (Å²) in [6, 6.07) is 4.33. The van der Waals surface area contributed by atoms with Gasteiger partial charge in [0, 0.05) is 41.2 Å². The van der Waals surface area contributed by atoms with Crippen molar-refractivity contribution in [1.29, 1.82) is 0 Å². The fraction of sp³-hybridized carbons (Fsp3) is 0.571. The van der Waals surface area contributed by atoms with Crippen LogP contribution in [0.5, 0.6) is 11.8 Å². The normalized spacial score (nSPS) is 21.1. The highest BCUT2D eigenvalue weighted by atomic mass is 35.5. The second kappa shape index (κ2) is 13.5. The molecule has 8 nitrogen and oxygen atoms in total. The zero-order chi connectivity index (χ0) is 31.8. The van der Waals surface area contributed by atoms with E-state index in [2.05, 4.69) is 31.9 Å². The van der Waals surface area contributed by atoms with E-state index in [0.29, 0.717) is 53.5 Å². The number of H-pyrrole nitrogens is 1. The van der Waals surface area contributed by atoms with Crippen molar-refractivity contribution < 1.29 is 18.3 Å². The molecule has 8 rings (SSSR count). The maximum atomic E-state index is 16.5. The number of nitrogens with zero attached hydrogens (tertiary/aromatic N) is 5. The Labute approximate surface area is 273 Å². The van der Waals surface area contributed by atoms with Crippen molar-refractivity contribution in [3.8, 4) is 23.0 Å². The zero-order valence-corrected chi connectivity index (χ0v) is 27.5. The summed E-state index contributed by atoms with van der Waals surface area (Å²) < 4.78 is 40.9. The molecule has 4 aromatic rings. The molecule has 0 bridgehead atoms. The van der Waals surface area contributed by atoms with Crippen LogP contribution in [0.1, 0.15) is 82.6 Å². The molecule has 2 saturated heterocycles. The maximum Gasteiger partial charge on any atom is 0.225 e. The fourth-order valence-electron chi connectivity index (χ4n) is 7.45. The van der Waals surface area contributed by atoms with Crippen LogP contribution in [0.4, 0.5) is 14.5 Å². The minimum absolute atomic E-state index is 0.191. The van der Waals surface area contributed by atoms with Gasteiger partial charge in [0.05, 0.1) is 36.4 Å². The number of aromatic amines is 1. The summed E-state index contributed by atoms with van der Waals surface area (Å²) >= 11 is 6.72. The second-order valence-electron chi connectivity index (χ2n) is 13.1. The molecule has 0 radical (unpaired) electrons. The lowest BCUT2D eigenvalue weighted by Crippen LogP contribution is -2.34. The summed E-state index contributed by atoms with van der Waals surface area (Å²) in [6.07, 6.45) is 12.4. The van der Waals surface area contributed by atoms with E-state index in [1.165, 1.54) is 32.1 Å². The van der Waals surface area contributed by atoms with Crippen LogP contribution >= 0.6 is 11.6 Å². The summed E-state index contributed by atoms with van der Waals surface area (Å²) in [5.74, 6) is 0.524. The molecular formula is C35H43ClF2N6O2. The minimum Gasteiger partial charge on any atom is -0.481 e. The number of unbranched alkanes of at least 4 members (excludes halogenated alkanes) is 3. The number of hydrogen-bond acceptors (Lipinski definition) is 7. The molecule has 246 valence electrons. The Balaban J connectivity index is 0.000000286. The van der Waals surface area contributed by atoms with Crippen LogP contribution in [0.15, 0.2) is 18.3 Å². The van der Waals surface area contributed by atoms with E-state index in [4.69, 9.17) is 26.1 Å². The zero-order valence-electron chi connectivity index (χ0n) is 26.8. The van der Waals surface area contributed by atoms with E-state index in [-0.39, 0.29) is 17.1 Å². The van der Waals surface area contributed by atoms with Gasteiger partial charge in [-0.1, -0.05) is 44.2 Å². The molecule has 3 aromatic heterocycles. The molecule has 4 aliphatic rings. The molecule has 3 aliphatic heterocycles. The Morgan fingerprint density at radius 3 is 2.76 bits per heavy atom. The van der Waals surface area contributed by atoms with Crippen LogP contribution in [-0.2, 0) is 0 Å². The first kappa shape index (κ1) is 31.4. The predicted octanol–water partition coefficient (Wildman–Crippen LogP) is 8.21. The van der Waals surface area contributed by atoms with E-state index in [1.807, 2.05) is 12.1 Å². The van der Waals surface area contributed by atoms with Gasteiger partial charge in [0.15, 0.2) is 5.82 Å². The lowest BCUT2D eigenvalue weighted by atomic mass is 9.95. The van der Waals surface area contributed by atoms with Gasteiger partial charge < -0.3 is 14.4 Å². The number of methoxy groups -OCH3 is 1. The van der Waals surface area contributed by atoms with E-state index in [9.17, 15) is 4.39 Å². The van der Waals surface area contributed by atoms with Crippen LogP contribution in [-0.4, -0.2) is 77.2 Å². The number of rotatable bonds is 8. The summed E-state index contributed by atoms with van der Waals surface area (Å²) in [4.78, 5) is 13.9. The SMILES string of the molecule is CCCCCCN1CCOc2nc(-c3c(C4CC4)c(Cl)cc4[nH]ncc34)c(F)c3nc(OC)cc1c23.FC1CC2CCCCN2C1. The molecule has 2 unspecified atom stereocenters. The monoisotopic (exact) mass is 652 g/mol. The molecular weight excluding hydrogens is 610 g/mol. The Kier molecular flexibility index (Phi) is 9.19. The van der Waals surface area contributed by atoms with Gasteiger partial charge in [-0.2, -0.15) is 5.10 Å². The van der Waals surface area contributed by atoms with Crippen LogP contribution in [0.2, 0.25) is 5.02 Å². The summed E-state index contributed by atoms with van der Waals surface area (Å²) in [6.45, 7) is 6.04. The first-order valence-electron chi connectivity index (χ1n) is 17.0. The number of ether oxygens (including phenoxy) is 2. The molecule has 0 spiro atoms. The Morgan fingerprint density at radius 1 is 1.11 bits per heavy atom. The van der Waals surface area contributed by atoms with Crippen molar-refractivity contribution in [2.45, 2.75) is 89.3 Å². The number of halogens is 3. The summed E-state index contributed by atoms with van der Waals surface area (Å²) in [5.41, 5.74) is 3.56. The van der Waals surface area contributed by atoms with Crippen LogP contribution in [0.3, 0.4) is 0 Å². The highest BCUT2D eigenvalue weighted by molar-refractivity contribution is 6.33. The molecule has 1 aliphatic carbocycles. The van der Waals surface area contributed by atoms with E-state index in [0.717, 1.165) is 67.3 Å². The Hall–Kier alpha value is -3.24. The predicted molar refractivity (Wildman–Crippen MR) is 179 cm³/mol. The number of nitrogens with one attached hydrogen (secondary N) is 1. The first-order valence-corrected chi connectivity index (χ1v) is 17.3. The summed E-state index contributed by atoms with van der Waals surface area (Å²) in [5, 5.41) is 9.13. The van der Waals surface area contributed by atoms with Gasteiger partial charge >= 0.3 is 0 Å². The quantitative estimate of drug-likeness (QED) is 0.192. The molecule has 0 amide bonds. The van der Waals surface area contributed by atoms with Gasteiger partial charge in [0.25, 0.3) is 0 Å². The largest absolute Gasteiger partial charge is 0.481 e. The van der Waals surface area contributed by atoms with E-state index in [1.54, 1.807) is 13.3 Å². The number of anilines is 1. The van der Waals surface area contributed by atoms with Crippen molar-refractivity contribution >= 4 is 39.1 Å². The fourth-order valence-corrected chi connectivity index (χ4v) is 7.81. The minimum atomic E-state index is -0.525. The van der Waals surface area contributed by atoms with Crippen molar-refractivity contribution in [1.82, 2.24) is 25.1 Å². The van der Waals surface area contributed by atoms with Crippen molar-refractivity contribution in [2.75, 3.05) is 44.8 Å². The first-order chi connectivity index (χ1) is 22.5. The number of aromatic nitrogens is 4. The molecule has 6 heterocycles. The lowest BCUT2D eigenvalue weighted by molar-refractivity contribution is 0.194.